The number of methoxy groups -OCH3 is 2. The van der Waals surface area contributed by atoms with Crippen molar-refractivity contribution in [3.8, 4) is 11.5 Å². The molecule has 0 aliphatic carbocycles. The maximum Gasteiger partial charge on any atom is 0.227 e. The van der Waals surface area contributed by atoms with Crippen LogP contribution in [0.15, 0.2) is 66.7 Å². The van der Waals surface area contributed by atoms with Crippen LogP contribution in [-0.2, 0) is 11.3 Å². The van der Waals surface area contributed by atoms with Crippen LogP contribution in [0.5, 0.6) is 11.5 Å². The highest BCUT2D eigenvalue weighted by Crippen LogP contribution is 2.39. The third kappa shape index (κ3) is 3.80. The molecule has 0 bridgehead atoms. The third-order valence-electron chi connectivity index (χ3n) is 6.14. The first-order valence-corrected chi connectivity index (χ1v) is 10.8. The van der Waals surface area contributed by atoms with Crippen molar-refractivity contribution in [2.75, 3.05) is 25.7 Å². The van der Waals surface area contributed by atoms with Crippen LogP contribution in [0.1, 0.15) is 23.7 Å². The molecule has 1 saturated heterocycles. The van der Waals surface area contributed by atoms with E-state index in [1.165, 1.54) is 6.07 Å². The lowest BCUT2D eigenvalue weighted by molar-refractivity contribution is -0.117. The van der Waals surface area contributed by atoms with E-state index in [-0.39, 0.29) is 17.6 Å². The molecule has 6 nitrogen and oxygen atoms in total. The van der Waals surface area contributed by atoms with E-state index in [0.29, 0.717) is 42.3 Å². The van der Waals surface area contributed by atoms with E-state index in [1.54, 1.807) is 49.5 Å². The largest absolute Gasteiger partial charge is 0.497 e. The van der Waals surface area contributed by atoms with Crippen LogP contribution in [0.3, 0.4) is 0 Å². The fraction of sp³-hybridized carbons (Fsp3) is 0.231. The number of imidazole rings is 1. The standard InChI is InChI=1S/C26H24FN3O3/c1-32-19-11-12-24(33-2)23(14-19)29-16-18(13-25(29)31)26-28-21-9-5-6-10-22(21)30(26)15-17-7-3-4-8-20(17)27/h3-12,14,18H,13,15-16H2,1-2H3/t18-/m1/s1. The number of anilines is 1. The third-order valence-corrected chi connectivity index (χ3v) is 6.14. The number of benzene rings is 3. The van der Waals surface area contributed by atoms with Gasteiger partial charge in [0.1, 0.15) is 23.1 Å². The molecule has 0 radical (unpaired) electrons. The molecule has 0 N–H and O–H groups in total. The first-order valence-electron chi connectivity index (χ1n) is 10.8. The number of rotatable bonds is 6. The van der Waals surface area contributed by atoms with Crippen molar-refractivity contribution < 1.29 is 18.7 Å². The van der Waals surface area contributed by atoms with E-state index in [0.717, 1.165) is 16.9 Å². The summed E-state index contributed by atoms with van der Waals surface area (Å²) in [4.78, 5) is 19.7. The fourth-order valence-corrected chi connectivity index (χ4v) is 4.49. The van der Waals surface area contributed by atoms with Gasteiger partial charge in [0.25, 0.3) is 0 Å². The zero-order chi connectivity index (χ0) is 22.9. The highest BCUT2D eigenvalue weighted by Gasteiger charge is 2.36. The number of amides is 1. The van der Waals surface area contributed by atoms with Gasteiger partial charge in [-0.25, -0.2) is 9.37 Å². The van der Waals surface area contributed by atoms with E-state index in [2.05, 4.69) is 0 Å². The van der Waals surface area contributed by atoms with Crippen LogP contribution in [0.4, 0.5) is 10.1 Å². The minimum Gasteiger partial charge on any atom is -0.497 e. The lowest BCUT2D eigenvalue weighted by Crippen LogP contribution is -2.25. The fourth-order valence-electron chi connectivity index (χ4n) is 4.49. The second-order valence-corrected chi connectivity index (χ2v) is 8.08. The molecule has 3 aromatic carbocycles. The van der Waals surface area contributed by atoms with Gasteiger partial charge in [0.15, 0.2) is 0 Å². The van der Waals surface area contributed by atoms with Gasteiger partial charge < -0.3 is 18.9 Å². The number of ether oxygens (including phenoxy) is 2. The summed E-state index contributed by atoms with van der Waals surface area (Å²) in [5.41, 5.74) is 2.99. The summed E-state index contributed by atoms with van der Waals surface area (Å²) in [6.07, 6.45) is 0.307. The van der Waals surface area contributed by atoms with E-state index < -0.39 is 0 Å². The number of carbonyl (C=O) groups is 1. The molecule has 1 aromatic heterocycles. The number of aromatic nitrogens is 2. The normalized spacial score (nSPS) is 15.9. The SMILES string of the molecule is COc1ccc(OC)c(N2C[C@H](c3nc4ccccc4n3Cc3ccccc3F)CC2=O)c1. The maximum absolute atomic E-state index is 14.5. The van der Waals surface area contributed by atoms with Crippen molar-refractivity contribution >= 4 is 22.6 Å². The van der Waals surface area contributed by atoms with Gasteiger partial charge in [0, 0.05) is 30.5 Å². The van der Waals surface area contributed by atoms with E-state index >= 15 is 0 Å². The van der Waals surface area contributed by atoms with Crippen LogP contribution >= 0.6 is 0 Å². The molecular formula is C26H24FN3O3. The first kappa shape index (κ1) is 21.0. The summed E-state index contributed by atoms with van der Waals surface area (Å²) in [5.74, 6) is 1.60. The summed E-state index contributed by atoms with van der Waals surface area (Å²) < 4.78 is 27.3. The van der Waals surface area contributed by atoms with Crippen LogP contribution in [0, 0.1) is 5.82 Å². The van der Waals surface area contributed by atoms with Crippen molar-refractivity contribution in [1.29, 1.82) is 0 Å². The Kier molecular flexibility index (Phi) is 5.46. The number of carbonyl (C=O) groups excluding carboxylic acids is 1. The van der Waals surface area contributed by atoms with Gasteiger partial charge in [-0.1, -0.05) is 30.3 Å². The van der Waals surface area contributed by atoms with E-state index in [9.17, 15) is 9.18 Å². The summed E-state index contributed by atoms with van der Waals surface area (Å²) in [6.45, 7) is 0.790. The first-order chi connectivity index (χ1) is 16.1. The second kappa shape index (κ2) is 8.58. The van der Waals surface area contributed by atoms with Crippen molar-refractivity contribution in [2.24, 2.45) is 0 Å². The molecule has 5 rings (SSSR count). The van der Waals surface area contributed by atoms with Crippen molar-refractivity contribution in [3.05, 3.63) is 83.9 Å². The van der Waals surface area contributed by atoms with Crippen molar-refractivity contribution in [3.63, 3.8) is 0 Å². The molecule has 33 heavy (non-hydrogen) atoms. The molecule has 1 aliphatic heterocycles. The monoisotopic (exact) mass is 445 g/mol. The zero-order valence-corrected chi connectivity index (χ0v) is 18.5. The Morgan fingerprint density at radius 2 is 1.82 bits per heavy atom. The number of hydrogen-bond acceptors (Lipinski definition) is 4. The van der Waals surface area contributed by atoms with Gasteiger partial charge in [-0.2, -0.15) is 0 Å². The van der Waals surface area contributed by atoms with Crippen LogP contribution in [0.2, 0.25) is 0 Å². The van der Waals surface area contributed by atoms with Gasteiger partial charge in [-0.15, -0.1) is 0 Å². The number of para-hydroxylation sites is 2. The quantitative estimate of drug-likeness (QED) is 0.429. The predicted octanol–water partition coefficient (Wildman–Crippen LogP) is 4.76. The van der Waals surface area contributed by atoms with Gasteiger partial charge in [-0.05, 0) is 30.3 Å². The predicted molar refractivity (Wildman–Crippen MR) is 124 cm³/mol. The molecule has 2 heterocycles. The van der Waals surface area contributed by atoms with Crippen molar-refractivity contribution in [2.45, 2.75) is 18.9 Å². The van der Waals surface area contributed by atoms with Gasteiger partial charge in [0.2, 0.25) is 5.91 Å². The minimum atomic E-state index is -0.258. The molecule has 168 valence electrons. The summed E-state index contributed by atoms with van der Waals surface area (Å²) in [7, 11) is 3.17. The second-order valence-electron chi connectivity index (χ2n) is 8.08. The van der Waals surface area contributed by atoms with Gasteiger partial charge >= 0.3 is 0 Å². The molecule has 0 saturated carbocycles. The van der Waals surface area contributed by atoms with Crippen LogP contribution < -0.4 is 14.4 Å². The topological polar surface area (TPSA) is 56.6 Å². The Morgan fingerprint density at radius 3 is 2.61 bits per heavy atom. The number of hydrogen-bond donors (Lipinski definition) is 0. The summed E-state index contributed by atoms with van der Waals surface area (Å²) in [6, 6.07) is 19.9. The Labute approximate surface area is 191 Å². The number of halogens is 1. The molecule has 1 atom stereocenters. The molecule has 0 unspecified atom stereocenters. The molecule has 0 spiro atoms. The Balaban J connectivity index is 1.54. The average Bonchev–Trinajstić information content (AvgIpc) is 3.40. The molecule has 1 amide bonds. The average molecular weight is 445 g/mol. The highest BCUT2D eigenvalue weighted by atomic mass is 19.1. The number of fused-ring (bicyclic) bond motifs is 1. The van der Waals surface area contributed by atoms with E-state index in [1.807, 2.05) is 34.9 Å². The van der Waals surface area contributed by atoms with Gasteiger partial charge in [0.05, 0.1) is 37.5 Å². The Morgan fingerprint density at radius 1 is 1.03 bits per heavy atom. The Hall–Kier alpha value is -3.87. The molecule has 7 heteroatoms. The number of nitrogens with zero attached hydrogens (tertiary/aromatic N) is 3. The van der Waals surface area contributed by atoms with E-state index in [4.69, 9.17) is 14.5 Å². The zero-order valence-electron chi connectivity index (χ0n) is 18.5. The molecular weight excluding hydrogens is 421 g/mol. The van der Waals surface area contributed by atoms with Crippen molar-refractivity contribution in [1.82, 2.24) is 9.55 Å². The van der Waals surface area contributed by atoms with Crippen LogP contribution in [0.25, 0.3) is 11.0 Å². The summed E-state index contributed by atoms with van der Waals surface area (Å²) >= 11 is 0. The van der Waals surface area contributed by atoms with Gasteiger partial charge in [-0.3, -0.25) is 4.79 Å². The summed E-state index contributed by atoms with van der Waals surface area (Å²) in [5, 5.41) is 0. The maximum atomic E-state index is 14.5. The Bertz CT molecular complexity index is 1330. The molecule has 1 aliphatic rings. The molecule has 1 fully saturated rings. The smallest absolute Gasteiger partial charge is 0.227 e. The lowest BCUT2D eigenvalue weighted by atomic mass is 10.1. The highest BCUT2D eigenvalue weighted by molar-refractivity contribution is 5.98. The van der Waals surface area contributed by atoms with Crippen LogP contribution in [-0.4, -0.2) is 36.2 Å². The molecule has 4 aromatic rings. The lowest BCUT2D eigenvalue weighted by Gasteiger charge is -2.20. The minimum absolute atomic E-state index is 0.0175.